The van der Waals surface area contributed by atoms with Crippen LogP contribution in [0.5, 0.6) is 0 Å². The lowest BCUT2D eigenvalue weighted by Crippen LogP contribution is -2.27. The predicted molar refractivity (Wildman–Crippen MR) is 73.7 cm³/mol. The summed E-state index contributed by atoms with van der Waals surface area (Å²) in [5.41, 5.74) is 0.491. The summed E-state index contributed by atoms with van der Waals surface area (Å²) in [7, 11) is -3.67. The van der Waals surface area contributed by atoms with Crippen LogP contribution in [0, 0.1) is 12.8 Å². The fourth-order valence-electron chi connectivity index (χ4n) is 1.78. The van der Waals surface area contributed by atoms with Crippen LogP contribution in [0.15, 0.2) is 21.5 Å². The molecule has 0 amide bonds. The van der Waals surface area contributed by atoms with Crippen LogP contribution >= 0.6 is 15.9 Å². The summed E-state index contributed by atoms with van der Waals surface area (Å²) in [6.07, 6.45) is 0.818. The molecule has 104 valence electrons. The smallest absolute Gasteiger partial charge is 0.336 e. The van der Waals surface area contributed by atoms with E-state index >= 15 is 0 Å². The van der Waals surface area contributed by atoms with Gasteiger partial charge in [0.2, 0.25) is 10.0 Å². The zero-order valence-electron chi connectivity index (χ0n) is 10.5. The second-order valence-corrected chi connectivity index (χ2v) is 7.39. The third-order valence-corrected chi connectivity index (χ3v) is 5.57. The van der Waals surface area contributed by atoms with Gasteiger partial charge in [0, 0.05) is 10.5 Å². The normalized spacial score (nSPS) is 22.3. The van der Waals surface area contributed by atoms with E-state index in [0.29, 0.717) is 16.0 Å². The predicted octanol–water partition coefficient (Wildman–Crippen LogP) is 2.14. The van der Waals surface area contributed by atoms with Gasteiger partial charge in [0.25, 0.3) is 0 Å². The molecule has 1 aliphatic rings. The second kappa shape index (κ2) is 4.88. The van der Waals surface area contributed by atoms with E-state index in [2.05, 4.69) is 20.7 Å². The summed E-state index contributed by atoms with van der Waals surface area (Å²) in [5, 5.41) is 9.08. The monoisotopic (exact) mass is 347 g/mol. The molecule has 2 unspecified atom stereocenters. The maximum atomic E-state index is 12.1. The van der Waals surface area contributed by atoms with Gasteiger partial charge in [-0.05, 0) is 37.0 Å². The van der Waals surface area contributed by atoms with Crippen molar-refractivity contribution >= 4 is 31.9 Å². The van der Waals surface area contributed by atoms with Crippen molar-refractivity contribution in [3.05, 3.63) is 27.7 Å². The molecule has 0 aromatic heterocycles. The van der Waals surface area contributed by atoms with E-state index in [-0.39, 0.29) is 16.5 Å². The van der Waals surface area contributed by atoms with Crippen molar-refractivity contribution in [3.63, 3.8) is 0 Å². The molecule has 0 spiro atoms. The fourth-order valence-corrected chi connectivity index (χ4v) is 3.81. The van der Waals surface area contributed by atoms with Gasteiger partial charge in [0.05, 0.1) is 10.5 Å². The van der Waals surface area contributed by atoms with Gasteiger partial charge in [-0.3, -0.25) is 0 Å². The number of carboxylic acids is 1. The Kier molecular flexibility index (Phi) is 3.72. The van der Waals surface area contributed by atoms with Crippen LogP contribution in [0.3, 0.4) is 0 Å². The Hall–Kier alpha value is -0.920. The lowest BCUT2D eigenvalue weighted by atomic mass is 10.1. The van der Waals surface area contributed by atoms with Gasteiger partial charge in [-0.2, -0.15) is 0 Å². The molecule has 2 N–H and O–H groups in total. The summed E-state index contributed by atoms with van der Waals surface area (Å²) < 4.78 is 27.3. The highest BCUT2D eigenvalue weighted by atomic mass is 79.9. The molecule has 1 fully saturated rings. The lowest BCUT2D eigenvalue weighted by Gasteiger charge is -2.10. The Labute approximate surface area is 120 Å². The first-order chi connectivity index (χ1) is 8.72. The topological polar surface area (TPSA) is 83.5 Å². The van der Waals surface area contributed by atoms with E-state index in [0.717, 1.165) is 6.42 Å². The molecule has 0 heterocycles. The third kappa shape index (κ3) is 2.98. The molecule has 0 saturated heterocycles. The highest BCUT2D eigenvalue weighted by molar-refractivity contribution is 9.10. The summed E-state index contributed by atoms with van der Waals surface area (Å²) in [5.74, 6) is -0.808. The number of sulfonamides is 1. The Morgan fingerprint density at radius 2 is 2.05 bits per heavy atom. The van der Waals surface area contributed by atoms with Crippen LogP contribution in [0.4, 0.5) is 0 Å². The van der Waals surface area contributed by atoms with Gasteiger partial charge in [-0.1, -0.05) is 22.9 Å². The minimum absolute atomic E-state index is 0.0152. The molecule has 1 saturated carbocycles. The Morgan fingerprint density at radius 1 is 1.47 bits per heavy atom. The number of aromatic carboxylic acids is 1. The molecule has 2 atom stereocenters. The molecular formula is C12H14BrNO4S. The van der Waals surface area contributed by atoms with Gasteiger partial charge in [0.1, 0.15) is 0 Å². The van der Waals surface area contributed by atoms with Crippen LogP contribution < -0.4 is 4.72 Å². The van der Waals surface area contributed by atoms with E-state index in [1.54, 1.807) is 6.92 Å². The molecule has 1 aliphatic carbocycles. The number of carbonyl (C=O) groups is 1. The van der Waals surface area contributed by atoms with Gasteiger partial charge in [-0.15, -0.1) is 0 Å². The molecule has 1 aromatic carbocycles. The standard InChI is InChI=1S/C12H14BrNO4S/c1-6-3-11(6)14-19(17,18)8-4-9(12(15)16)7(2)10(13)5-8/h4-6,11,14H,3H2,1-2H3,(H,15,16). The van der Waals surface area contributed by atoms with Crippen LogP contribution in [-0.2, 0) is 10.0 Å². The van der Waals surface area contributed by atoms with E-state index in [1.165, 1.54) is 12.1 Å². The van der Waals surface area contributed by atoms with E-state index in [1.807, 2.05) is 6.92 Å². The SMILES string of the molecule is Cc1c(Br)cc(S(=O)(=O)NC2CC2C)cc1C(=O)O. The molecule has 19 heavy (non-hydrogen) atoms. The number of halogens is 1. The molecule has 1 aromatic rings. The Balaban J connectivity index is 2.42. The fraction of sp³-hybridized carbons (Fsp3) is 0.417. The van der Waals surface area contributed by atoms with Crippen molar-refractivity contribution in [2.75, 3.05) is 0 Å². The number of hydrogen-bond donors (Lipinski definition) is 2. The molecule has 2 rings (SSSR count). The molecule has 0 radical (unpaired) electrons. The first kappa shape index (κ1) is 14.5. The van der Waals surface area contributed by atoms with Crippen LogP contribution in [0.25, 0.3) is 0 Å². The third-order valence-electron chi connectivity index (χ3n) is 3.27. The molecule has 5 nitrogen and oxygen atoms in total. The van der Waals surface area contributed by atoms with Crippen LogP contribution in [0.2, 0.25) is 0 Å². The first-order valence-electron chi connectivity index (χ1n) is 5.78. The Morgan fingerprint density at radius 3 is 2.53 bits per heavy atom. The lowest BCUT2D eigenvalue weighted by molar-refractivity contribution is 0.0695. The number of benzene rings is 1. The average Bonchev–Trinajstić information content (AvgIpc) is 2.96. The van der Waals surface area contributed by atoms with Crippen molar-refractivity contribution in [2.24, 2.45) is 5.92 Å². The minimum atomic E-state index is -3.67. The van der Waals surface area contributed by atoms with Gasteiger partial charge < -0.3 is 5.11 Å². The van der Waals surface area contributed by atoms with Crippen LogP contribution in [0.1, 0.15) is 29.3 Å². The maximum Gasteiger partial charge on any atom is 0.336 e. The van der Waals surface area contributed by atoms with Crippen molar-refractivity contribution in [1.82, 2.24) is 4.72 Å². The van der Waals surface area contributed by atoms with Crippen LogP contribution in [-0.4, -0.2) is 25.5 Å². The van der Waals surface area contributed by atoms with Crippen molar-refractivity contribution in [3.8, 4) is 0 Å². The van der Waals surface area contributed by atoms with Crippen molar-refractivity contribution in [2.45, 2.75) is 31.2 Å². The summed E-state index contributed by atoms with van der Waals surface area (Å²) in [6, 6.07) is 2.58. The van der Waals surface area contributed by atoms with Crippen molar-refractivity contribution in [1.29, 1.82) is 0 Å². The number of rotatable bonds is 4. The largest absolute Gasteiger partial charge is 0.478 e. The number of nitrogens with one attached hydrogen (secondary N) is 1. The zero-order chi connectivity index (χ0) is 14.4. The average molecular weight is 348 g/mol. The van der Waals surface area contributed by atoms with Gasteiger partial charge in [0.15, 0.2) is 0 Å². The molecular weight excluding hydrogens is 334 g/mol. The highest BCUT2D eigenvalue weighted by Crippen LogP contribution is 2.31. The van der Waals surface area contributed by atoms with Gasteiger partial charge >= 0.3 is 5.97 Å². The quantitative estimate of drug-likeness (QED) is 0.873. The first-order valence-corrected chi connectivity index (χ1v) is 8.06. The highest BCUT2D eigenvalue weighted by Gasteiger charge is 2.36. The summed E-state index contributed by atoms with van der Waals surface area (Å²) in [6.45, 7) is 3.58. The summed E-state index contributed by atoms with van der Waals surface area (Å²) in [4.78, 5) is 11.1. The Bertz CT molecular complexity index is 641. The maximum absolute atomic E-state index is 12.1. The van der Waals surface area contributed by atoms with Crippen molar-refractivity contribution < 1.29 is 18.3 Å². The molecule has 0 bridgehead atoms. The second-order valence-electron chi connectivity index (χ2n) is 4.82. The zero-order valence-corrected chi connectivity index (χ0v) is 12.9. The van der Waals surface area contributed by atoms with Gasteiger partial charge in [-0.25, -0.2) is 17.9 Å². The number of carboxylic acid groups (broad SMARTS) is 1. The van der Waals surface area contributed by atoms with E-state index < -0.39 is 16.0 Å². The number of hydrogen-bond acceptors (Lipinski definition) is 3. The molecule has 7 heteroatoms. The summed E-state index contributed by atoms with van der Waals surface area (Å²) >= 11 is 3.20. The van der Waals surface area contributed by atoms with E-state index in [4.69, 9.17) is 5.11 Å². The van der Waals surface area contributed by atoms with E-state index in [9.17, 15) is 13.2 Å². The minimum Gasteiger partial charge on any atom is -0.478 e. The molecule has 0 aliphatic heterocycles.